The molecule has 0 saturated carbocycles. The van der Waals surface area contributed by atoms with Crippen LogP contribution in [0.3, 0.4) is 0 Å². The largest absolute Gasteiger partial charge is 0.346 e. The highest BCUT2D eigenvalue weighted by Gasteiger charge is 2.23. The van der Waals surface area contributed by atoms with Gasteiger partial charge in [0.25, 0.3) is 5.91 Å². The minimum atomic E-state index is -0.0854. The number of carbonyl (C=O) groups excluding carboxylic acids is 1. The number of hydrogen-bond acceptors (Lipinski definition) is 5. The van der Waals surface area contributed by atoms with Crippen LogP contribution in [0.2, 0.25) is 0 Å². The summed E-state index contributed by atoms with van der Waals surface area (Å²) in [6.45, 7) is 3.49. The summed E-state index contributed by atoms with van der Waals surface area (Å²) in [7, 11) is 1.87. The number of hydrogen-bond donors (Lipinski definition) is 1. The number of piperidine rings is 1. The van der Waals surface area contributed by atoms with Crippen molar-refractivity contribution in [3.63, 3.8) is 0 Å². The second-order valence-corrected chi connectivity index (χ2v) is 7.95. The summed E-state index contributed by atoms with van der Waals surface area (Å²) < 4.78 is 1.74. The van der Waals surface area contributed by atoms with E-state index >= 15 is 0 Å². The fourth-order valence-electron chi connectivity index (χ4n) is 4.02. The van der Waals surface area contributed by atoms with E-state index in [0.29, 0.717) is 18.0 Å². The van der Waals surface area contributed by atoms with E-state index in [1.165, 1.54) is 5.56 Å². The van der Waals surface area contributed by atoms with Crippen LogP contribution in [0.5, 0.6) is 0 Å². The number of aryl methyl sites for hydroxylation is 1. The highest BCUT2D eigenvalue weighted by molar-refractivity contribution is 5.95. The highest BCUT2D eigenvalue weighted by atomic mass is 16.1. The van der Waals surface area contributed by atoms with Crippen LogP contribution in [0.1, 0.15) is 40.2 Å². The van der Waals surface area contributed by atoms with E-state index in [1.807, 2.05) is 49.9 Å². The summed E-state index contributed by atoms with van der Waals surface area (Å²) in [6.07, 6.45) is 10.4. The molecule has 4 heterocycles. The first-order valence-electron chi connectivity index (χ1n) is 10.5. The molecule has 0 radical (unpaired) electrons. The number of aromatic nitrogens is 4. The average Bonchev–Trinajstić information content (AvgIpc) is 3.15. The van der Waals surface area contributed by atoms with Gasteiger partial charge in [-0.1, -0.05) is 12.1 Å². The van der Waals surface area contributed by atoms with Gasteiger partial charge in [0.05, 0.1) is 23.5 Å². The Balaban J connectivity index is 1.31. The Morgan fingerprint density at radius 1 is 1.17 bits per heavy atom. The van der Waals surface area contributed by atoms with E-state index in [-0.39, 0.29) is 5.91 Å². The van der Waals surface area contributed by atoms with E-state index in [4.69, 9.17) is 0 Å². The first-order valence-corrected chi connectivity index (χ1v) is 10.5. The van der Waals surface area contributed by atoms with Crippen LogP contribution in [-0.2, 0) is 26.6 Å². The van der Waals surface area contributed by atoms with Crippen molar-refractivity contribution in [2.24, 2.45) is 13.0 Å². The summed E-state index contributed by atoms with van der Waals surface area (Å²) in [6, 6.07) is 9.81. The molecule has 7 heteroatoms. The van der Waals surface area contributed by atoms with Gasteiger partial charge in [-0.2, -0.15) is 5.10 Å². The second kappa shape index (κ2) is 9.63. The van der Waals surface area contributed by atoms with Gasteiger partial charge in [0.2, 0.25) is 0 Å². The third-order valence-electron chi connectivity index (χ3n) is 5.62. The Morgan fingerprint density at radius 3 is 2.77 bits per heavy atom. The molecule has 1 fully saturated rings. The molecule has 3 aromatic heterocycles. The quantitative estimate of drug-likeness (QED) is 0.655. The standard InChI is InChI=1S/C23H28N6O/c1-28-17-21(23(30)26-15-20-6-2-3-10-25-20)22(27-28)13-18-7-11-29(12-8-18)16-19-5-4-9-24-14-19/h2-6,9-10,14,17-18H,7-8,11-13,15-16H2,1H3,(H,26,30). The Hall–Kier alpha value is -3.06. The number of nitrogens with one attached hydrogen (secondary N) is 1. The van der Waals surface area contributed by atoms with Crippen molar-refractivity contribution in [3.8, 4) is 0 Å². The SMILES string of the molecule is Cn1cc(C(=O)NCc2ccccn2)c(CC2CCN(Cc3cccnc3)CC2)n1. The summed E-state index contributed by atoms with van der Waals surface area (Å²) in [5.74, 6) is 0.463. The molecular weight excluding hydrogens is 376 g/mol. The summed E-state index contributed by atoms with van der Waals surface area (Å²) in [4.78, 5) is 23.7. The van der Waals surface area contributed by atoms with Crippen molar-refractivity contribution in [2.45, 2.75) is 32.4 Å². The molecule has 1 amide bonds. The topological polar surface area (TPSA) is 75.9 Å². The number of pyridine rings is 2. The molecule has 1 aliphatic heterocycles. The molecule has 1 N–H and O–H groups in total. The highest BCUT2D eigenvalue weighted by Crippen LogP contribution is 2.23. The van der Waals surface area contributed by atoms with Gasteiger partial charge in [-0.15, -0.1) is 0 Å². The van der Waals surface area contributed by atoms with E-state index in [0.717, 1.165) is 50.3 Å². The Morgan fingerprint density at radius 2 is 2.03 bits per heavy atom. The molecule has 1 aliphatic rings. The predicted octanol–water partition coefficient (Wildman–Crippen LogP) is 2.59. The Labute approximate surface area is 177 Å². The molecule has 1 saturated heterocycles. The molecule has 156 valence electrons. The van der Waals surface area contributed by atoms with E-state index in [1.54, 1.807) is 10.9 Å². The molecule has 0 bridgehead atoms. The molecule has 0 spiro atoms. The first-order chi connectivity index (χ1) is 14.7. The summed E-state index contributed by atoms with van der Waals surface area (Å²) in [5.41, 5.74) is 3.66. The van der Waals surface area contributed by atoms with Gasteiger partial charge in [-0.3, -0.25) is 24.3 Å². The Bertz CT molecular complexity index is 948. The maximum absolute atomic E-state index is 12.7. The normalized spacial score (nSPS) is 15.2. The van der Waals surface area contributed by atoms with Gasteiger partial charge >= 0.3 is 0 Å². The van der Waals surface area contributed by atoms with Gasteiger partial charge in [0.1, 0.15) is 0 Å². The monoisotopic (exact) mass is 404 g/mol. The van der Waals surface area contributed by atoms with Crippen LogP contribution in [0.4, 0.5) is 0 Å². The zero-order valence-electron chi connectivity index (χ0n) is 17.4. The molecular formula is C23H28N6O. The van der Waals surface area contributed by atoms with Gasteiger partial charge in [0.15, 0.2) is 0 Å². The zero-order valence-corrected chi connectivity index (χ0v) is 17.4. The minimum absolute atomic E-state index is 0.0854. The first kappa shape index (κ1) is 20.2. The lowest BCUT2D eigenvalue weighted by Crippen LogP contribution is -2.34. The van der Waals surface area contributed by atoms with E-state index < -0.39 is 0 Å². The van der Waals surface area contributed by atoms with Crippen LogP contribution in [0.25, 0.3) is 0 Å². The molecule has 0 aromatic carbocycles. The van der Waals surface area contributed by atoms with Gasteiger partial charge < -0.3 is 5.32 Å². The number of rotatable bonds is 7. The van der Waals surface area contributed by atoms with Crippen LogP contribution in [0.15, 0.2) is 55.1 Å². The number of nitrogens with zero attached hydrogens (tertiary/aromatic N) is 5. The van der Waals surface area contributed by atoms with Crippen LogP contribution in [0, 0.1) is 5.92 Å². The van der Waals surface area contributed by atoms with Crippen molar-refractivity contribution in [1.29, 1.82) is 0 Å². The van der Waals surface area contributed by atoms with Gasteiger partial charge in [-0.05, 0) is 62.0 Å². The number of amides is 1. The third-order valence-corrected chi connectivity index (χ3v) is 5.62. The van der Waals surface area contributed by atoms with Crippen LogP contribution < -0.4 is 5.32 Å². The van der Waals surface area contributed by atoms with Crippen molar-refractivity contribution in [3.05, 3.63) is 77.6 Å². The van der Waals surface area contributed by atoms with E-state index in [9.17, 15) is 4.79 Å². The molecule has 3 aromatic rings. The fraction of sp³-hybridized carbons (Fsp3) is 0.391. The lowest BCUT2D eigenvalue weighted by atomic mass is 9.91. The van der Waals surface area contributed by atoms with Crippen LogP contribution in [-0.4, -0.2) is 43.6 Å². The van der Waals surface area contributed by atoms with Gasteiger partial charge in [-0.25, -0.2) is 0 Å². The maximum atomic E-state index is 12.7. The minimum Gasteiger partial charge on any atom is -0.346 e. The fourth-order valence-corrected chi connectivity index (χ4v) is 4.02. The zero-order chi connectivity index (χ0) is 20.8. The molecule has 4 rings (SSSR count). The molecule has 0 aliphatic carbocycles. The lowest BCUT2D eigenvalue weighted by molar-refractivity contribution is 0.0948. The van der Waals surface area contributed by atoms with Crippen molar-refractivity contribution in [1.82, 2.24) is 30.0 Å². The van der Waals surface area contributed by atoms with E-state index in [2.05, 4.69) is 31.3 Å². The Kier molecular flexibility index (Phi) is 6.49. The van der Waals surface area contributed by atoms with Crippen molar-refractivity contribution in [2.75, 3.05) is 13.1 Å². The molecule has 0 unspecified atom stereocenters. The smallest absolute Gasteiger partial charge is 0.255 e. The predicted molar refractivity (Wildman–Crippen MR) is 115 cm³/mol. The maximum Gasteiger partial charge on any atom is 0.255 e. The number of carbonyl (C=O) groups is 1. The number of likely N-dealkylation sites (tertiary alicyclic amines) is 1. The van der Waals surface area contributed by atoms with Crippen molar-refractivity contribution >= 4 is 5.91 Å². The molecule has 7 nitrogen and oxygen atoms in total. The average molecular weight is 405 g/mol. The second-order valence-electron chi connectivity index (χ2n) is 7.95. The molecule has 30 heavy (non-hydrogen) atoms. The molecule has 0 atom stereocenters. The third kappa shape index (κ3) is 5.30. The van der Waals surface area contributed by atoms with Crippen molar-refractivity contribution < 1.29 is 4.79 Å². The lowest BCUT2D eigenvalue weighted by Gasteiger charge is -2.31. The summed E-state index contributed by atoms with van der Waals surface area (Å²) in [5, 5.41) is 7.56. The van der Waals surface area contributed by atoms with Gasteiger partial charge in [0, 0.05) is 38.4 Å². The summed E-state index contributed by atoms with van der Waals surface area (Å²) >= 11 is 0. The van der Waals surface area contributed by atoms with Crippen LogP contribution >= 0.6 is 0 Å².